The van der Waals surface area contributed by atoms with Gasteiger partial charge >= 0.3 is 0 Å². The number of primary amides is 1. The van der Waals surface area contributed by atoms with E-state index in [9.17, 15) is 4.79 Å². The summed E-state index contributed by atoms with van der Waals surface area (Å²) < 4.78 is 5.49. The zero-order chi connectivity index (χ0) is 19.4. The van der Waals surface area contributed by atoms with Crippen molar-refractivity contribution in [3.63, 3.8) is 0 Å². The molecular formula is C21H32ClN3O2. The molecule has 2 aliphatic rings. The number of halogens is 1. The first-order chi connectivity index (χ1) is 13.0. The predicted octanol–water partition coefficient (Wildman–Crippen LogP) is 3.86. The highest BCUT2D eigenvalue weighted by Crippen LogP contribution is 2.38. The normalized spacial score (nSPS) is 19.9. The fourth-order valence-electron chi connectivity index (χ4n) is 4.71. The number of methoxy groups -OCH3 is 1. The third-order valence-corrected chi connectivity index (χ3v) is 6.60. The van der Waals surface area contributed by atoms with Crippen LogP contribution in [-0.4, -0.2) is 37.6 Å². The summed E-state index contributed by atoms with van der Waals surface area (Å²) in [4.78, 5) is 14.4. The van der Waals surface area contributed by atoms with Gasteiger partial charge in [0.2, 0.25) is 0 Å². The monoisotopic (exact) mass is 393 g/mol. The maximum Gasteiger partial charge on any atom is 0.252 e. The molecular weight excluding hydrogens is 362 g/mol. The van der Waals surface area contributed by atoms with Gasteiger partial charge < -0.3 is 21.1 Å². The molecule has 1 aliphatic heterocycles. The van der Waals surface area contributed by atoms with Gasteiger partial charge in [-0.1, -0.05) is 30.9 Å². The number of piperidine rings is 1. The molecule has 0 aromatic heterocycles. The summed E-state index contributed by atoms with van der Waals surface area (Å²) in [5.41, 5.74) is 13.3. The van der Waals surface area contributed by atoms with E-state index in [1.807, 2.05) is 0 Å². The summed E-state index contributed by atoms with van der Waals surface area (Å²) in [6, 6.07) is 1.51. The lowest BCUT2D eigenvalue weighted by atomic mass is 9.86. The van der Waals surface area contributed by atoms with Gasteiger partial charge in [0.25, 0.3) is 5.91 Å². The molecule has 27 heavy (non-hydrogen) atoms. The number of anilines is 1. The summed E-state index contributed by atoms with van der Waals surface area (Å²) in [7, 11) is 1.55. The summed E-state index contributed by atoms with van der Waals surface area (Å²) in [6.07, 6.45) is 10.0. The third-order valence-electron chi connectivity index (χ3n) is 6.28. The number of rotatable bonds is 6. The average Bonchev–Trinajstić information content (AvgIpc) is 2.67. The minimum Gasteiger partial charge on any atom is -0.496 e. The molecule has 1 aliphatic carbocycles. The minimum atomic E-state index is -0.544. The number of benzene rings is 1. The van der Waals surface area contributed by atoms with Crippen molar-refractivity contribution < 1.29 is 9.53 Å². The minimum absolute atomic E-state index is 0.307. The Hall–Kier alpha value is -1.46. The maximum absolute atomic E-state index is 11.8. The van der Waals surface area contributed by atoms with E-state index in [0.29, 0.717) is 27.9 Å². The van der Waals surface area contributed by atoms with Crippen molar-refractivity contribution in [2.75, 3.05) is 32.5 Å². The quantitative estimate of drug-likeness (QED) is 0.719. The van der Waals surface area contributed by atoms with Crippen LogP contribution in [0.2, 0.25) is 5.02 Å². The molecule has 1 amide bonds. The van der Waals surface area contributed by atoms with Crippen LogP contribution in [0.4, 0.5) is 5.69 Å². The number of nitrogen functional groups attached to an aromatic ring is 1. The van der Waals surface area contributed by atoms with Crippen LogP contribution < -0.4 is 16.2 Å². The molecule has 0 bridgehead atoms. The number of ether oxygens (including phenoxy) is 1. The van der Waals surface area contributed by atoms with Gasteiger partial charge in [-0.2, -0.15) is 0 Å². The highest BCUT2D eigenvalue weighted by atomic mass is 35.5. The lowest BCUT2D eigenvalue weighted by Crippen LogP contribution is -2.38. The SMILES string of the molecule is COc1c(C(N)=O)cc(Cl)c(N)c1CC1CCN(CC2CCCCC2)CC1. The standard InChI is InChI=1S/C21H32ClN3O2/c1-27-20-16(19(23)18(22)12-17(20)21(24)26)11-14-7-9-25(10-8-14)13-15-5-3-2-4-6-15/h12,14-15H,2-11,13,23H2,1H3,(H2,24,26). The molecule has 0 unspecified atom stereocenters. The van der Waals surface area contributed by atoms with E-state index in [0.717, 1.165) is 43.8 Å². The van der Waals surface area contributed by atoms with Gasteiger partial charge in [0.1, 0.15) is 5.75 Å². The molecule has 1 heterocycles. The van der Waals surface area contributed by atoms with Gasteiger partial charge in [-0.25, -0.2) is 0 Å². The molecule has 3 rings (SSSR count). The van der Waals surface area contributed by atoms with Crippen LogP contribution in [0.5, 0.6) is 5.75 Å². The van der Waals surface area contributed by atoms with Gasteiger partial charge in [0.15, 0.2) is 0 Å². The van der Waals surface area contributed by atoms with Crippen molar-refractivity contribution in [3.05, 3.63) is 22.2 Å². The van der Waals surface area contributed by atoms with Crippen LogP contribution in [0.15, 0.2) is 6.07 Å². The molecule has 0 atom stereocenters. The van der Waals surface area contributed by atoms with E-state index in [1.165, 1.54) is 44.7 Å². The van der Waals surface area contributed by atoms with E-state index in [1.54, 1.807) is 7.11 Å². The van der Waals surface area contributed by atoms with Crippen LogP contribution in [0, 0.1) is 11.8 Å². The number of amides is 1. The van der Waals surface area contributed by atoms with Gasteiger partial charge in [0, 0.05) is 12.1 Å². The first-order valence-corrected chi connectivity index (χ1v) is 10.5. The number of likely N-dealkylation sites (tertiary alicyclic amines) is 1. The third kappa shape index (κ3) is 4.88. The summed E-state index contributed by atoms with van der Waals surface area (Å²) in [5.74, 6) is 1.34. The topological polar surface area (TPSA) is 81.6 Å². The largest absolute Gasteiger partial charge is 0.496 e. The number of nitrogens with zero attached hydrogens (tertiary/aromatic N) is 1. The molecule has 0 radical (unpaired) electrons. The van der Waals surface area contributed by atoms with Crippen molar-refractivity contribution in [1.82, 2.24) is 4.90 Å². The molecule has 1 saturated carbocycles. The number of nitrogens with two attached hydrogens (primary N) is 2. The second kappa shape index (κ2) is 9.16. The summed E-state index contributed by atoms with van der Waals surface area (Å²) in [5, 5.41) is 0.370. The van der Waals surface area contributed by atoms with Crippen molar-refractivity contribution in [2.45, 2.75) is 51.4 Å². The van der Waals surface area contributed by atoms with Gasteiger partial charge in [-0.15, -0.1) is 0 Å². The van der Waals surface area contributed by atoms with E-state index >= 15 is 0 Å². The number of carbonyl (C=O) groups excluding carboxylic acids is 1. The van der Waals surface area contributed by atoms with Crippen LogP contribution >= 0.6 is 11.6 Å². The van der Waals surface area contributed by atoms with E-state index < -0.39 is 5.91 Å². The van der Waals surface area contributed by atoms with E-state index in [2.05, 4.69) is 4.90 Å². The Morgan fingerprint density at radius 3 is 2.44 bits per heavy atom. The Labute approximate surface area is 167 Å². The predicted molar refractivity (Wildman–Crippen MR) is 110 cm³/mol. The summed E-state index contributed by atoms with van der Waals surface area (Å²) >= 11 is 6.24. The van der Waals surface area contributed by atoms with Crippen LogP contribution in [-0.2, 0) is 6.42 Å². The Kier molecular flexibility index (Phi) is 6.88. The van der Waals surface area contributed by atoms with Crippen molar-refractivity contribution in [3.8, 4) is 5.75 Å². The Morgan fingerprint density at radius 2 is 1.85 bits per heavy atom. The molecule has 4 N–H and O–H groups in total. The zero-order valence-electron chi connectivity index (χ0n) is 16.3. The van der Waals surface area contributed by atoms with Gasteiger partial charge in [0.05, 0.1) is 23.4 Å². The Balaban J connectivity index is 1.64. The van der Waals surface area contributed by atoms with E-state index in [4.69, 9.17) is 27.8 Å². The molecule has 1 saturated heterocycles. The lowest BCUT2D eigenvalue weighted by Gasteiger charge is -2.35. The van der Waals surface area contributed by atoms with Crippen LogP contribution in [0.25, 0.3) is 0 Å². The van der Waals surface area contributed by atoms with Crippen molar-refractivity contribution in [2.24, 2.45) is 17.6 Å². The molecule has 5 nitrogen and oxygen atoms in total. The molecule has 1 aromatic carbocycles. The highest BCUT2D eigenvalue weighted by molar-refractivity contribution is 6.33. The smallest absolute Gasteiger partial charge is 0.252 e. The second-order valence-electron chi connectivity index (χ2n) is 8.15. The number of hydrogen-bond acceptors (Lipinski definition) is 4. The van der Waals surface area contributed by atoms with Crippen molar-refractivity contribution >= 4 is 23.2 Å². The van der Waals surface area contributed by atoms with Crippen LogP contribution in [0.1, 0.15) is 60.9 Å². The lowest BCUT2D eigenvalue weighted by molar-refractivity contribution is 0.0997. The van der Waals surface area contributed by atoms with Gasteiger partial charge in [-0.05, 0) is 63.1 Å². The first kappa shape index (κ1) is 20.3. The summed E-state index contributed by atoms with van der Waals surface area (Å²) in [6.45, 7) is 3.51. The molecule has 0 spiro atoms. The number of carbonyl (C=O) groups is 1. The first-order valence-electron chi connectivity index (χ1n) is 10.2. The maximum atomic E-state index is 11.8. The Bertz CT molecular complexity index is 666. The highest BCUT2D eigenvalue weighted by Gasteiger charge is 2.26. The van der Waals surface area contributed by atoms with Gasteiger partial charge in [-0.3, -0.25) is 4.79 Å². The molecule has 2 fully saturated rings. The number of hydrogen-bond donors (Lipinski definition) is 2. The molecule has 1 aromatic rings. The molecule has 150 valence electrons. The Morgan fingerprint density at radius 1 is 1.19 bits per heavy atom. The fourth-order valence-corrected chi connectivity index (χ4v) is 4.94. The fraction of sp³-hybridized carbons (Fsp3) is 0.667. The van der Waals surface area contributed by atoms with Crippen LogP contribution in [0.3, 0.4) is 0 Å². The van der Waals surface area contributed by atoms with Crippen molar-refractivity contribution in [1.29, 1.82) is 0 Å². The van der Waals surface area contributed by atoms with E-state index in [-0.39, 0.29) is 0 Å². The zero-order valence-corrected chi connectivity index (χ0v) is 17.1. The second-order valence-corrected chi connectivity index (χ2v) is 8.56. The average molecular weight is 394 g/mol. The molecule has 6 heteroatoms.